The van der Waals surface area contributed by atoms with Gasteiger partial charge in [-0.3, -0.25) is 4.79 Å². The average Bonchev–Trinajstić information content (AvgIpc) is 2.73. The monoisotopic (exact) mass is 393 g/mol. The van der Waals surface area contributed by atoms with E-state index < -0.39 is 0 Å². The van der Waals surface area contributed by atoms with Crippen molar-refractivity contribution in [3.05, 3.63) is 83.3 Å². The zero-order chi connectivity index (χ0) is 20.8. The Labute approximate surface area is 169 Å². The first-order valence-electron chi connectivity index (χ1n) is 9.40. The van der Waals surface area contributed by atoms with Crippen LogP contribution in [0.5, 0.6) is 5.75 Å². The number of benzene rings is 2. The number of pyridine rings is 1. The van der Waals surface area contributed by atoms with Gasteiger partial charge in [0.05, 0.1) is 12.7 Å². The number of nitrogens with zero attached hydrogens (tertiary/aromatic N) is 1. The van der Waals surface area contributed by atoms with Crippen LogP contribution < -0.4 is 15.4 Å². The molecule has 0 fully saturated rings. The van der Waals surface area contributed by atoms with E-state index in [0.717, 1.165) is 22.6 Å². The molecule has 1 heterocycles. The SMILES string of the molecule is COc1cccc(Nc2cc(C(C)C)c(C(=O)NCc3ccc(F)cc3)cn2)c1. The highest BCUT2D eigenvalue weighted by Crippen LogP contribution is 2.25. The summed E-state index contributed by atoms with van der Waals surface area (Å²) in [5.74, 6) is 1.02. The largest absolute Gasteiger partial charge is 0.497 e. The molecule has 1 amide bonds. The quantitative estimate of drug-likeness (QED) is 0.591. The normalized spacial score (nSPS) is 10.7. The van der Waals surface area contributed by atoms with Crippen molar-refractivity contribution < 1.29 is 13.9 Å². The van der Waals surface area contributed by atoms with Crippen molar-refractivity contribution in [1.82, 2.24) is 10.3 Å². The number of rotatable bonds is 7. The maximum atomic E-state index is 13.0. The predicted molar refractivity (Wildman–Crippen MR) is 112 cm³/mol. The minimum atomic E-state index is -0.300. The van der Waals surface area contributed by atoms with Gasteiger partial charge in [0.15, 0.2) is 0 Å². The Bertz CT molecular complexity index is 988. The summed E-state index contributed by atoms with van der Waals surface area (Å²) in [6.07, 6.45) is 1.58. The predicted octanol–water partition coefficient (Wildman–Crippen LogP) is 5.03. The molecule has 0 bridgehead atoms. The van der Waals surface area contributed by atoms with Crippen molar-refractivity contribution in [2.75, 3.05) is 12.4 Å². The highest BCUT2D eigenvalue weighted by atomic mass is 19.1. The maximum Gasteiger partial charge on any atom is 0.253 e. The van der Waals surface area contributed by atoms with Gasteiger partial charge in [-0.2, -0.15) is 0 Å². The highest BCUT2D eigenvalue weighted by molar-refractivity contribution is 5.95. The number of nitrogens with one attached hydrogen (secondary N) is 2. The van der Waals surface area contributed by atoms with Gasteiger partial charge in [-0.05, 0) is 47.4 Å². The molecular formula is C23H24FN3O2. The van der Waals surface area contributed by atoms with Crippen LogP contribution in [0.1, 0.15) is 41.3 Å². The molecule has 2 aromatic carbocycles. The molecule has 0 aliphatic rings. The summed E-state index contributed by atoms with van der Waals surface area (Å²) in [6, 6.07) is 15.5. The fourth-order valence-corrected chi connectivity index (χ4v) is 2.94. The lowest BCUT2D eigenvalue weighted by molar-refractivity contribution is 0.0949. The van der Waals surface area contributed by atoms with Crippen LogP contribution >= 0.6 is 0 Å². The first-order chi connectivity index (χ1) is 14.0. The van der Waals surface area contributed by atoms with Crippen LogP contribution in [0.15, 0.2) is 60.8 Å². The molecule has 0 aliphatic carbocycles. The lowest BCUT2D eigenvalue weighted by atomic mass is 9.98. The van der Waals surface area contributed by atoms with Crippen molar-refractivity contribution in [2.24, 2.45) is 0 Å². The van der Waals surface area contributed by atoms with E-state index in [1.165, 1.54) is 12.1 Å². The topological polar surface area (TPSA) is 63.2 Å². The summed E-state index contributed by atoms with van der Waals surface area (Å²) in [5.41, 5.74) is 3.09. The van der Waals surface area contributed by atoms with E-state index in [-0.39, 0.29) is 17.6 Å². The van der Waals surface area contributed by atoms with E-state index in [9.17, 15) is 9.18 Å². The van der Waals surface area contributed by atoms with Crippen LogP contribution in [0.2, 0.25) is 0 Å². The molecule has 3 rings (SSSR count). The van der Waals surface area contributed by atoms with Crippen molar-refractivity contribution in [3.63, 3.8) is 0 Å². The van der Waals surface area contributed by atoms with Crippen LogP contribution in [0.25, 0.3) is 0 Å². The van der Waals surface area contributed by atoms with Crippen LogP contribution in [0, 0.1) is 5.82 Å². The minimum absolute atomic E-state index is 0.135. The Hall–Kier alpha value is -3.41. The summed E-state index contributed by atoms with van der Waals surface area (Å²) in [5, 5.41) is 6.12. The Morgan fingerprint density at radius 1 is 1.14 bits per heavy atom. The molecular weight excluding hydrogens is 369 g/mol. The fraction of sp³-hybridized carbons (Fsp3) is 0.217. The van der Waals surface area contributed by atoms with Gasteiger partial charge in [0, 0.05) is 24.5 Å². The lowest BCUT2D eigenvalue weighted by Gasteiger charge is -2.15. The van der Waals surface area contributed by atoms with Gasteiger partial charge in [-0.15, -0.1) is 0 Å². The van der Waals surface area contributed by atoms with E-state index in [4.69, 9.17) is 4.74 Å². The lowest BCUT2D eigenvalue weighted by Crippen LogP contribution is -2.24. The Morgan fingerprint density at radius 3 is 2.59 bits per heavy atom. The molecule has 1 aromatic heterocycles. The van der Waals surface area contributed by atoms with E-state index >= 15 is 0 Å². The summed E-state index contributed by atoms with van der Waals surface area (Å²) in [7, 11) is 1.62. The number of amides is 1. The second-order valence-electron chi connectivity index (χ2n) is 6.98. The van der Waals surface area contributed by atoms with Crippen molar-refractivity contribution in [3.8, 4) is 5.75 Å². The number of aromatic nitrogens is 1. The maximum absolute atomic E-state index is 13.0. The number of halogens is 1. The summed E-state index contributed by atoms with van der Waals surface area (Å²) in [4.78, 5) is 17.1. The molecule has 6 heteroatoms. The standard InChI is InChI=1S/C23H24FN3O2/c1-15(2)20-12-22(27-18-5-4-6-19(11-18)29-3)25-14-21(20)23(28)26-13-16-7-9-17(24)10-8-16/h4-12,14-15H,13H2,1-3H3,(H,25,27)(H,26,28). The summed E-state index contributed by atoms with van der Waals surface area (Å²) >= 11 is 0. The van der Waals surface area contributed by atoms with E-state index in [0.29, 0.717) is 17.9 Å². The zero-order valence-corrected chi connectivity index (χ0v) is 16.7. The Morgan fingerprint density at radius 2 is 1.90 bits per heavy atom. The third kappa shape index (κ3) is 5.31. The van der Waals surface area contributed by atoms with E-state index in [1.807, 2.05) is 44.2 Å². The van der Waals surface area contributed by atoms with Crippen LogP contribution in [0.3, 0.4) is 0 Å². The molecule has 150 valence electrons. The van der Waals surface area contributed by atoms with Crippen LogP contribution in [0.4, 0.5) is 15.9 Å². The Balaban J connectivity index is 1.76. The van der Waals surface area contributed by atoms with Gasteiger partial charge in [0.2, 0.25) is 0 Å². The smallest absolute Gasteiger partial charge is 0.253 e. The van der Waals surface area contributed by atoms with Gasteiger partial charge in [-0.1, -0.05) is 32.0 Å². The number of ether oxygens (including phenoxy) is 1. The van der Waals surface area contributed by atoms with Crippen LogP contribution in [-0.4, -0.2) is 18.0 Å². The average molecular weight is 393 g/mol. The molecule has 3 aromatic rings. The molecule has 29 heavy (non-hydrogen) atoms. The number of hydrogen-bond acceptors (Lipinski definition) is 4. The fourth-order valence-electron chi connectivity index (χ4n) is 2.94. The summed E-state index contributed by atoms with van der Waals surface area (Å²) < 4.78 is 18.3. The zero-order valence-electron chi connectivity index (χ0n) is 16.7. The molecule has 2 N–H and O–H groups in total. The first-order valence-corrected chi connectivity index (χ1v) is 9.40. The van der Waals surface area contributed by atoms with Crippen LogP contribution in [-0.2, 0) is 6.54 Å². The number of hydrogen-bond donors (Lipinski definition) is 2. The Kier molecular flexibility index (Phi) is 6.44. The highest BCUT2D eigenvalue weighted by Gasteiger charge is 2.16. The van der Waals surface area contributed by atoms with E-state index in [2.05, 4.69) is 15.6 Å². The minimum Gasteiger partial charge on any atom is -0.497 e. The third-order valence-corrected chi connectivity index (χ3v) is 4.51. The van der Waals surface area contributed by atoms with Gasteiger partial charge in [0.25, 0.3) is 5.91 Å². The molecule has 0 atom stereocenters. The van der Waals surface area contributed by atoms with Gasteiger partial charge in [-0.25, -0.2) is 9.37 Å². The number of anilines is 2. The van der Waals surface area contributed by atoms with E-state index in [1.54, 1.807) is 25.4 Å². The number of methoxy groups -OCH3 is 1. The number of carbonyl (C=O) groups excluding carboxylic acids is 1. The van der Waals surface area contributed by atoms with Gasteiger partial charge in [0.1, 0.15) is 17.4 Å². The number of carbonyl (C=O) groups is 1. The first kappa shape index (κ1) is 20.3. The molecule has 0 saturated carbocycles. The molecule has 0 saturated heterocycles. The molecule has 0 radical (unpaired) electrons. The second-order valence-corrected chi connectivity index (χ2v) is 6.98. The van der Waals surface area contributed by atoms with Gasteiger partial charge >= 0.3 is 0 Å². The van der Waals surface area contributed by atoms with Crippen molar-refractivity contribution >= 4 is 17.4 Å². The van der Waals surface area contributed by atoms with Gasteiger partial charge < -0.3 is 15.4 Å². The molecule has 0 aliphatic heterocycles. The van der Waals surface area contributed by atoms with Crippen molar-refractivity contribution in [2.45, 2.75) is 26.3 Å². The van der Waals surface area contributed by atoms with Crippen molar-refractivity contribution in [1.29, 1.82) is 0 Å². The third-order valence-electron chi connectivity index (χ3n) is 4.51. The second kappa shape index (κ2) is 9.19. The molecule has 0 unspecified atom stereocenters. The molecule has 5 nitrogen and oxygen atoms in total. The summed E-state index contributed by atoms with van der Waals surface area (Å²) in [6.45, 7) is 4.38. The molecule has 0 spiro atoms.